The molecule has 0 heterocycles. The van der Waals surface area contributed by atoms with Gasteiger partial charge in [-0.25, -0.2) is 4.79 Å². The number of esters is 1. The maximum atomic E-state index is 13.3. The van der Waals surface area contributed by atoms with Crippen LogP contribution in [0, 0.1) is 0 Å². The first-order chi connectivity index (χ1) is 13.1. The van der Waals surface area contributed by atoms with Gasteiger partial charge in [-0.15, -0.1) is 0 Å². The van der Waals surface area contributed by atoms with E-state index in [1.54, 1.807) is 43.3 Å². The number of benzene rings is 2. The second-order valence-corrected chi connectivity index (χ2v) is 5.37. The molecule has 2 aromatic carbocycles. The maximum Gasteiger partial charge on any atom is 0.330 e. The molecule has 0 radical (unpaired) electrons. The third-order valence-corrected chi connectivity index (χ3v) is 3.86. The molecule has 0 saturated carbocycles. The van der Waals surface area contributed by atoms with Crippen molar-refractivity contribution in [3.63, 3.8) is 0 Å². The average Bonchev–Trinajstić information content (AvgIpc) is 2.70. The lowest BCUT2D eigenvalue weighted by atomic mass is 9.96. The van der Waals surface area contributed by atoms with Gasteiger partial charge in [0, 0.05) is 17.2 Å². The van der Waals surface area contributed by atoms with Crippen molar-refractivity contribution in [1.29, 1.82) is 0 Å². The Labute approximate surface area is 158 Å². The molecule has 6 heteroatoms. The summed E-state index contributed by atoms with van der Waals surface area (Å²) in [5.74, 6) is 0.420. The molecule has 142 valence electrons. The highest BCUT2D eigenvalue weighted by Gasteiger charge is 2.23. The van der Waals surface area contributed by atoms with Crippen LogP contribution < -0.4 is 14.2 Å². The van der Waals surface area contributed by atoms with E-state index in [1.807, 2.05) is 0 Å². The summed E-state index contributed by atoms with van der Waals surface area (Å²) in [5.41, 5.74) is 1.10. The zero-order valence-corrected chi connectivity index (χ0v) is 15.8. The lowest BCUT2D eigenvalue weighted by molar-refractivity contribution is -0.137. The number of carbonyl (C=O) groups is 2. The van der Waals surface area contributed by atoms with Crippen LogP contribution in [0.2, 0.25) is 0 Å². The SMILES string of the molecule is CCOC(=O)/C=C/c1c(OC)cccc1C(=O)c1c(OC)cccc1OC. The first kappa shape index (κ1) is 20.0. The van der Waals surface area contributed by atoms with E-state index < -0.39 is 5.97 Å². The minimum absolute atomic E-state index is 0.263. The minimum atomic E-state index is -0.503. The number of ketones is 1. The smallest absolute Gasteiger partial charge is 0.330 e. The van der Waals surface area contributed by atoms with Crippen LogP contribution in [-0.2, 0) is 9.53 Å². The second-order valence-electron chi connectivity index (χ2n) is 5.37. The molecule has 0 aromatic heterocycles. The summed E-state index contributed by atoms with van der Waals surface area (Å²) in [6.07, 6.45) is 2.77. The maximum absolute atomic E-state index is 13.3. The summed E-state index contributed by atoms with van der Waals surface area (Å²) < 4.78 is 20.9. The van der Waals surface area contributed by atoms with Gasteiger partial charge >= 0.3 is 5.97 Å². The Morgan fingerprint density at radius 1 is 0.889 bits per heavy atom. The van der Waals surface area contributed by atoms with Gasteiger partial charge in [0.15, 0.2) is 0 Å². The van der Waals surface area contributed by atoms with E-state index in [9.17, 15) is 9.59 Å². The minimum Gasteiger partial charge on any atom is -0.496 e. The Morgan fingerprint density at radius 3 is 2.00 bits per heavy atom. The van der Waals surface area contributed by atoms with Crippen molar-refractivity contribution >= 4 is 17.8 Å². The van der Waals surface area contributed by atoms with Gasteiger partial charge in [0.05, 0.1) is 27.9 Å². The average molecular weight is 370 g/mol. The Balaban J connectivity index is 2.59. The monoisotopic (exact) mass is 370 g/mol. The molecule has 0 atom stereocenters. The molecule has 0 N–H and O–H groups in total. The quantitative estimate of drug-likeness (QED) is 0.402. The van der Waals surface area contributed by atoms with Crippen LogP contribution in [0.15, 0.2) is 42.5 Å². The first-order valence-electron chi connectivity index (χ1n) is 8.34. The Kier molecular flexibility index (Phi) is 7.00. The third kappa shape index (κ3) is 4.47. The van der Waals surface area contributed by atoms with Gasteiger partial charge in [0.25, 0.3) is 0 Å². The van der Waals surface area contributed by atoms with Crippen molar-refractivity contribution in [3.8, 4) is 17.2 Å². The fourth-order valence-corrected chi connectivity index (χ4v) is 2.64. The fourth-order valence-electron chi connectivity index (χ4n) is 2.64. The molecule has 2 rings (SSSR count). The van der Waals surface area contributed by atoms with Crippen LogP contribution in [0.4, 0.5) is 0 Å². The zero-order chi connectivity index (χ0) is 19.8. The van der Waals surface area contributed by atoms with Crippen LogP contribution in [-0.4, -0.2) is 39.7 Å². The van der Waals surface area contributed by atoms with Crippen molar-refractivity contribution < 1.29 is 28.5 Å². The van der Waals surface area contributed by atoms with Crippen molar-refractivity contribution in [2.24, 2.45) is 0 Å². The summed E-state index contributed by atoms with van der Waals surface area (Å²) in [7, 11) is 4.46. The van der Waals surface area contributed by atoms with Gasteiger partial charge in [0.2, 0.25) is 5.78 Å². The molecule has 0 aliphatic carbocycles. The largest absolute Gasteiger partial charge is 0.496 e. The number of hydrogen-bond donors (Lipinski definition) is 0. The summed E-state index contributed by atoms with van der Waals surface area (Å²) in [4.78, 5) is 25.0. The van der Waals surface area contributed by atoms with Crippen molar-refractivity contribution in [2.45, 2.75) is 6.92 Å². The van der Waals surface area contributed by atoms with E-state index >= 15 is 0 Å². The van der Waals surface area contributed by atoms with E-state index in [0.29, 0.717) is 33.9 Å². The summed E-state index contributed by atoms with van der Waals surface area (Å²) in [6, 6.07) is 10.2. The molecular weight excluding hydrogens is 348 g/mol. The second kappa shape index (κ2) is 9.43. The van der Waals surface area contributed by atoms with Crippen LogP contribution in [0.25, 0.3) is 6.08 Å². The molecule has 0 unspecified atom stereocenters. The van der Waals surface area contributed by atoms with E-state index in [1.165, 1.54) is 33.5 Å². The van der Waals surface area contributed by atoms with Crippen molar-refractivity contribution in [2.75, 3.05) is 27.9 Å². The van der Waals surface area contributed by atoms with Crippen LogP contribution >= 0.6 is 0 Å². The first-order valence-corrected chi connectivity index (χ1v) is 8.34. The predicted octanol–water partition coefficient (Wildman–Crippen LogP) is 3.52. The van der Waals surface area contributed by atoms with Gasteiger partial charge in [0.1, 0.15) is 22.8 Å². The predicted molar refractivity (Wildman–Crippen MR) is 102 cm³/mol. The van der Waals surface area contributed by atoms with Gasteiger partial charge < -0.3 is 18.9 Å². The highest BCUT2D eigenvalue weighted by atomic mass is 16.5. The number of hydrogen-bond acceptors (Lipinski definition) is 6. The highest BCUT2D eigenvalue weighted by molar-refractivity contribution is 6.15. The molecule has 27 heavy (non-hydrogen) atoms. The fraction of sp³-hybridized carbons (Fsp3) is 0.238. The Bertz CT molecular complexity index is 831. The number of carbonyl (C=O) groups excluding carboxylic acids is 2. The van der Waals surface area contributed by atoms with E-state index in [2.05, 4.69) is 0 Å². The molecular formula is C21H22O6. The molecule has 0 spiro atoms. The topological polar surface area (TPSA) is 71.1 Å². The third-order valence-electron chi connectivity index (χ3n) is 3.86. The molecule has 0 aliphatic heterocycles. The summed E-state index contributed by atoms with van der Waals surface area (Å²) >= 11 is 0. The van der Waals surface area contributed by atoms with Gasteiger partial charge in [-0.2, -0.15) is 0 Å². The molecule has 0 saturated heterocycles. The van der Waals surface area contributed by atoms with Crippen LogP contribution in [0.3, 0.4) is 0 Å². The Hall–Kier alpha value is -3.28. The molecule has 0 amide bonds. The molecule has 0 bridgehead atoms. The van der Waals surface area contributed by atoms with Gasteiger partial charge in [-0.05, 0) is 31.2 Å². The van der Waals surface area contributed by atoms with Crippen LogP contribution in [0.1, 0.15) is 28.4 Å². The summed E-state index contributed by atoms with van der Waals surface area (Å²) in [6.45, 7) is 1.98. The molecule has 2 aromatic rings. The van der Waals surface area contributed by atoms with Crippen molar-refractivity contribution in [3.05, 3.63) is 59.2 Å². The summed E-state index contributed by atoms with van der Waals surface area (Å²) in [5, 5.41) is 0. The lowest BCUT2D eigenvalue weighted by Gasteiger charge is -2.14. The molecule has 0 aliphatic rings. The standard InChI is InChI=1S/C21H22O6/c1-5-27-19(22)13-12-14-15(8-6-9-16(14)24-2)21(23)20-17(25-3)10-7-11-18(20)26-4/h6-13H,5H2,1-4H3/b13-12+. The van der Waals surface area contributed by atoms with Gasteiger partial charge in [-0.1, -0.05) is 18.2 Å². The number of rotatable bonds is 8. The van der Waals surface area contributed by atoms with E-state index in [0.717, 1.165) is 0 Å². The lowest BCUT2D eigenvalue weighted by Crippen LogP contribution is -2.09. The van der Waals surface area contributed by atoms with E-state index in [-0.39, 0.29) is 12.4 Å². The van der Waals surface area contributed by atoms with Crippen LogP contribution in [0.5, 0.6) is 17.2 Å². The molecule has 0 fully saturated rings. The normalized spacial score (nSPS) is 10.5. The van der Waals surface area contributed by atoms with Crippen molar-refractivity contribution in [1.82, 2.24) is 0 Å². The number of methoxy groups -OCH3 is 3. The zero-order valence-electron chi connectivity index (χ0n) is 15.8. The van der Waals surface area contributed by atoms with E-state index in [4.69, 9.17) is 18.9 Å². The Morgan fingerprint density at radius 2 is 1.44 bits per heavy atom. The van der Waals surface area contributed by atoms with Gasteiger partial charge in [-0.3, -0.25) is 4.79 Å². The molecule has 6 nitrogen and oxygen atoms in total. The number of ether oxygens (including phenoxy) is 4. The highest BCUT2D eigenvalue weighted by Crippen LogP contribution is 2.33.